The zero-order valence-corrected chi connectivity index (χ0v) is 26.6. The van der Waals surface area contributed by atoms with Crippen LogP contribution in [0.5, 0.6) is 0 Å². The van der Waals surface area contributed by atoms with E-state index in [1.165, 1.54) is 11.1 Å². The molecule has 0 N–H and O–H groups in total. The van der Waals surface area contributed by atoms with E-state index in [1.54, 1.807) is 0 Å². The predicted molar refractivity (Wildman–Crippen MR) is 149 cm³/mol. The number of aromatic nitrogens is 1. The molecule has 0 aliphatic carbocycles. The molecule has 0 amide bonds. The Kier molecular flexibility index (Phi) is 15.1. The van der Waals surface area contributed by atoms with Crippen molar-refractivity contribution in [2.24, 2.45) is 9.98 Å². The SMILES string of the molecule is C=Cc1cccc(N=C(C)c2cccc(C(C)=Nc3c(C(C)C)ccc(C=C)c3C(C)C)n2)c1.[Br-].[Br-].[Co+2]. The first-order chi connectivity index (χ1) is 16.2. The van der Waals surface area contributed by atoms with Crippen molar-refractivity contribution < 1.29 is 50.7 Å². The van der Waals surface area contributed by atoms with Crippen molar-refractivity contribution in [3.8, 4) is 0 Å². The first-order valence-corrected chi connectivity index (χ1v) is 11.8. The molecule has 197 valence electrons. The van der Waals surface area contributed by atoms with Crippen LogP contribution in [0.2, 0.25) is 0 Å². The van der Waals surface area contributed by atoms with E-state index in [2.05, 4.69) is 53.0 Å². The van der Waals surface area contributed by atoms with E-state index < -0.39 is 0 Å². The molecule has 0 saturated carbocycles. The molecule has 2 aromatic carbocycles. The Morgan fingerprint density at radius 1 is 0.784 bits per heavy atom. The van der Waals surface area contributed by atoms with Crippen molar-refractivity contribution in [2.45, 2.75) is 53.4 Å². The van der Waals surface area contributed by atoms with Crippen LogP contribution in [-0.2, 0) is 16.8 Å². The fraction of sp³-hybridized carbons (Fsp3) is 0.258. The summed E-state index contributed by atoms with van der Waals surface area (Å²) in [5.74, 6) is 0.696. The van der Waals surface area contributed by atoms with E-state index in [1.807, 2.05) is 68.5 Å². The molecule has 0 bridgehead atoms. The molecule has 1 heterocycles. The van der Waals surface area contributed by atoms with Crippen LogP contribution in [0.15, 0.2) is 77.7 Å². The Labute approximate surface area is 254 Å². The molecular weight excluding hydrogens is 633 g/mol. The maximum Gasteiger partial charge on any atom is 2.00 e. The van der Waals surface area contributed by atoms with Gasteiger partial charge in [-0.25, -0.2) is 4.98 Å². The molecule has 1 radical (unpaired) electrons. The van der Waals surface area contributed by atoms with Crippen molar-refractivity contribution >= 4 is 35.0 Å². The third-order valence-electron chi connectivity index (χ3n) is 5.87. The van der Waals surface area contributed by atoms with E-state index in [0.29, 0.717) is 11.8 Å². The molecule has 0 aliphatic heterocycles. The predicted octanol–water partition coefficient (Wildman–Crippen LogP) is 2.90. The number of nitrogens with zero attached hydrogens (tertiary/aromatic N) is 3. The average Bonchev–Trinajstić information content (AvgIpc) is 2.83. The summed E-state index contributed by atoms with van der Waals surface area (Å²) in [7, 11) is 0. The van der Waals surface area contributed by atoms with Gasteiger partial charge >= 0.3 is 16.8 Å². The van der Waals surface area contributed by atoms with Gasteiger partial charge in [0.15, 0.2) is 0 Å². The van der Waals surface area contributed by atoms with Gasteiger partial charge in [-0.05, 0) is 72.2 Å². The van der Waals surface area contributed by atoms with Gasteiger partial charge in [-0.1, -0.05) is 83.3 Å². The molecule has 0 fully saturated rings. The summed E-state index contributed by atoms with van der Waals surface area (Å²) in [4.78, 5) is 14.8. The Balaban J connectivity index is 0.00000432. The zero-order chi connectivity index (χ0) is 24.8. The summed E-state index contributed by atoms with van der Waals surface area (Å²) >= 11 is 0. The minimum atomic E-state index is 0. The molecule has 0 aliphatic rings. The molecule has 0 unspecified atom stereocenters. The van der Waals surface area contributed by atoms with Crippen molar-refractivity contribution in [3.63, 3.8) is 0 Å². The molecule has 3 rings (SSSR count). The van der Waals surface area contributed by atoms with E-state index in [-0.39, 0.29) is 50.7 Å². The summed E-state index contributed by atoms with van der Waals surface area (Å²) in [5, 5.41) is 0. The molecular formula is C31H35Br2CoN3. The third kappa shape index (κ3) is 8.71. The molecule has 6 heteroatoms. The van der Waals surface area contributed by atoms with Crippen LogP contribution in [0, 0.1) is 0 Å². The Bertz CT molecular complexity index is 1280. The second kappa shape index (κ2) is 16.0. The molecule has 3 nitrogen and oxygen atoms in total. The number of benzene rings is 2. The average molecular weight is 668 g/mol. The van der Waals surface area contributed by atoms with Crippen LogP contribution < -0.4 is 34.0 Å². The molecule has 0 atom stereocenters. The smallest absolute Gasteiger partial charge is 1.00 e. The second-order valence-corrected chi connectivity index (χ2v) is 9.12. The Morgan fingerprint density at radius 3 is 1.92 bits per heavy atom. The number of aliphatic imine (C=N–C) groups is 2. The maximum atomic E-state index is 5.14. The number of hydrogen-bond acceptors (Lipinski definition) is 3. The van der Waals surface area contributed by atoms with Crippen molar-refractivity contribution in [1.29, 1.82) is 0 Å². The molecule has 0 spiro atoms. The fourth-order valence-corrected chi connectivity index (χ4v) is 4.05. The minimum Gasteiger partial charge on any atom is -1.00 e. The maximum absolute atomic E-state index is 5.14. The van der Waals surface area contributed by atoms with Gasteiger partial charge in [0.05, 0.1) is 34.2 Å². The van der Waals surface area contributed by atoms with Crippen LogP contribution in [0.25, 0.3) is 12.2 Å². The van der Waals surface area contributed by atoms with Gasteiger partial charge in [-0.2, -0.15) is 0 Å². The number of halogens is 2. The quantitative estimate of drug-likeness (QED) is 0.341. The van der Waals surface area contributed by atoms with Gasteiger partial charge in [0, 0.05) is 0 Å². The first kappa shape index (κ1) is 34.9. The van der Waals surface area contributed by atoms with Gasteiger partial charge in [0.2, 0.25) is 0 Å². The largest absolute Gasteiger partial charge is 2.00 e. The number of pyridine rings is 1. The van der Waals surface area contributed by atoms with Crippen molar-refractivity contribution in [1.82, 2.24) is 4.98 Å². The summed E-state index contributed by atoms with van der Waals surface area (Å²) < 4.78 is 0. The van der Waals surface area contributed by atoms with Crippen LogP contribution in [-0.4, -0.2) is 16.4 Å². The number of rotatable bonds is 8. The second-order valence-electron chi connectivity index (χ2n) is 9.12. The Hall–Kier alpha value is -2.12. The van der Waals surface area contributed by atoms with E-state index >= 15 is 0 Å². The fourth-order valence-electron chi connectivity index (χ4n) is 4.05. The van der Waals surface area contributed by atoms with Gasteiger partial charge in [-0.15, -0.1) is 0 Å². The summed E-state index contributed by atoms with van der Waals surface area (Å²) in [6.45, 7) is 20.7. The van der Waals surface area contributed by atoms with Crippen LogP contribution in [0.3, 0.4) is 0 Å². The van der Waals surface area contributed by atoms with Gasteiger partial charge < -0.3 is 34.0 Å². The van der Waals surface area contributed by atoms with Crippen LogP contribution in [0.4, 0.5) is 11.4 Å². The van der Waals surface area contributed by atoms with Crippen LogP contribution in [0.1, 0.15) is 87.0 Å². The normalized spacial score (nSPS) is 11.4. The zero-order valence-electron chi connectivity index (χ0n) is 22.4. The van der Waals surface area contributed by atoms with Crippen molar-refractivity contribution in [2.75, 3.05) is 0 Å². The third-order valence-corrected chi connectivity index (χ3v) is 5.87. The van der Waals surface area contributed by atoms with E-state index in [9.17, 15) is 0 Å². The molecule has 1 aromatic heterocycles. The number of hydrogen-bond donors (Lipinski definition) is 0. The Morgan fingerprint density at radius 2 is 1.38 bits per heavy atom. The van der Waals surface area contributed by atoms with E-state index in [0.717, 1.165) is 45.3 Å². The summed E-state index contributed by atoms with van der Waals surface area (Å²) in [5.41, 5.74) is 10.0. The van der Waals surface area contributed by atoms with Gasteiger partial charge in [0.1, 0.15) is 0 Å². The minimum absolute atomic E-state index is 0. The summed E-state index contributed by atoms with van der Waals surface area (Å²) in [6.07, 6.45) is 3.75. The summed E-state index contributed by atoms with van der Waals surface area (Å²) in [6, 6.07) is 18.4. The first-order valence-electron chi connectivity index (χ1n) is 11.8. The standard InChI is InChI=1S/C31H35N3.2BrH.Co/c1-9-24-13-11-14-26(19-24)32-22(7)28-15-12-16-29(34-28)23(8)33-31-27(20(3)4)18-17-25(10-2)30(31)21(5)6;;;/h9-21H,1-2H2,3-8H3;2*1H;/q;;;+2/p-2. The van der Waals surface area contributed by atoms with Gasteiger partial charge in [0.25, 0.3) is 0 Å². The molecule has 3 aromatic rings. The monoisotopic (exact) mass is 666 g/mol. The van der Waals surface area contributed by atoms with Crippen molar-refractivity contribution in [3.05, 3.63) is 101 Å². The van der Waals surface area contributed by atoms with Crippen LogP contribution >= 0.6 is 0 Å². The van der Waals surface area contributed by atoms with E-state index in [4.69, 9.17) is 15.0 Å². The topological polar surface area (TPSA) is 37.6 Å². The molecule has 37 heavy (non-hydrogen) atoms. The van der Waals surface area contributed by atoms with Gasteiger partial charge in [-0.3, -0.25) is 9.98 Å². The molecule has 0 saturated heterocycles.